The van der Waals surface area contributed by atoms with Crippen LogP contribution < -0.4 is 10.1 Å². The van der Waals surface area contributed by atoms with Crippen LogP contribution in [0.5, 0.6) is 5.75 Å². The molecule has 1 aliphatic rings. The Balaban J connectivity index is 1.73. The summed E-state index contributed by atoms with van der Waals surface area (Å²) in [4.78, 5) is 19.3. The molecule has 0 radical (unpaired) electrons. The lowest BCUT2D eigenvalue weighted by Gasteiger charge is -2.31. The quantitative estimate of drug-likeness (QED) is 0.192. The molecule has 0 aliphatic carbocycles. The van der Waals surface area contributed by atoms with Crippen LogP contribution in [0.1, 0.15) is 49.5 Å². The van der Waals surface area contributed by atoms with E-state index >= 15 is 0 Å². The molecule has 1 amide bonds. The number of aliphatic hydroxyl groups excluding tert-OH is 1. The van der Waals surface area contributed by atoms with Gasteiger partial charge in [-0.3, -0.25) is 4.79 Å². The van der Waals surface area contributed by atoms with Crippen molar-refractivity contribution in [1.82, 2.24) is 5.32 Å². The molecular formula is C32H36Br2N2O5. The van der Waals surface area contributed by atoms with Crippen molar-refractivity contribution in [2.24, 2.45) is 4.99 Å². The number of halogens is 2. The summed E-state index contributed by atoms with van der Waals surface area (Å²) in [6.45, 7) is 5.50. The summed E-state index contributed by atoms with van der Waals surface area (Å²) in [6.07, 6.45) is 1.01. The minimum atomic E-state index is -1.28. The molecule has 1 aliphatic heterocycles. The average molecular weight is 688 g/mol. The number of nitrogens with zero attached hydrogens (tertiary/aromatic N) is 1. The van der Waals surface area contributed by atoms with Crippen LogP contribution in [0.3, 0.4) is 0 Å². The van der Waals surface area contributed by atoms with E-state index in [1.165, 1.54) is 0 Å². The van der Waals surface area contributed by atoms with Crippen molar-refractivity contribution in [1.29, 1.82) is 0 Å². The van der Waals surface area contributed by atoms with Gasteiger partial charge in [0.25, 0.3) is 5.91 Å². The highest BCUT2D eigenvalue weighted by Gasteiger charge is 2.53. The zero-order valence-corrected chi connectivity index (χ0v) is 26.5. The maximum absolute atomic E-state index is 14.2. The fourth-order valence-electron chi connectivity index (χ4n) is 4.63. The first-order valence-corrected chi connectivity index (χ1v) is 15.4. The van der Waals surface area contributed by atoms with E-state index < -0.39 is 11.6 Å². The molecule has 9 heteroatoms. The first-order valence-electron chi connectivity index (χ1n) is 13.8. The molecule has 0 saturated carbocycles. The van der Waals surface area contributed by atoms with Gasteiger partial charge < -0.3 is 24.6 Å². The Bertz CT molecular complexity index is 1330. The maximum Gasteiger partial charge on any atom is 0.252 e. The Morgan fingerprint density at radius 2 is 1.71 bits per heavy atom. The number of carbonyl (C=O) groups is 1. The van der Waals surface area contributed by atoms with Gasteiger partial charge in [0.05, 0.1) is 12.7 Å². The highest BCUT2D eigenvalue weighted by molar-refractivity contribution is 9.10. The van der Waals surface area contributed by atoms with E-state index in [0.29, 0.717) is 50.7 Å². The second kappa shape index (κ2) is 15.0. The standard InChI is InChI=1S/C32H36Br2N2O5/c1-22(2)39-19-7-17-35-31(38)32(21-24-9-3-5-11-27(24)33)29(26-10-4-6-12-28(26)34)41-30(36-32)23-13-15-25(16-14-23)40-20-8-18-37/h3-6,9-16,22,29,37H,7-8,17-21H2,1-2H3,(H,35,38)/t29-,32-/m1/s1. The predicted molar refractivity (Wildman–Crippen MR) is 167 cm³/mol. The average Bonchev–Trinajstić information content (AvgIpc) is 3.35. The van der Waals surface area contributed by atoms with E-state index in [1.807, 2.05) is 86.6 Å². The Morgan fingerprint density at radius 1 is 1.00 bits per heavy atom. The van der Waals surface area contributed by atoms with Gasteiger partial charge in [-0.05, 0) is 62.2 Å². The van der Waals surface area contributed by atoms with E-state index in [9.17, 15) is 4.79 Å². The first kappa shape index (κ1) is 31.2. The first-order chi connectivity index (χ1) is 19.8. The molecule has 0 saturated heterocycles. The summed E-state index contributed by atoms with van der Waals surface area (Å²) in [7, 11) is 0. The van der Waals surface area contributed by atoms with Gasteiger partial charge in [-0.1, -0.05) is 68.3 Å². The monoisotopic (exact) mass is 686 g/mol. The summed E-state index contributed by atoms with van der Waals surface area (Å²) in [5, 5.41) is 12.2. The van der Waals surface area contributed by atoms with Crippen molar-refractivity contribution >= 4 is 43.7 Å². The molecule has 2 N–H and O–H groups in total. The van der Waals surface area contributed by atoms with Crippen LogP contribution in [0.2, 0.25) is 0 Å². The highest BCUT2D eigenvalue weighted by atomic mass is 79.9. The fraction of sp³-hybridized carbons (Fsp3) is 0.375. The van der Waals surface area contributed by atoms with Crippen LogP contribution in [-0.2, 0) is 20.7 Å². The van der Waals surface area contributed by atoms with Gasteiger partial charge in [0, 0.05) is 52.7 Å². The van der Waals surface area contributed by atoms with E-state index in [1.54, 1.807) is 0 Å². The fourth-order valence-corrected chi connectivity index (χ4v) is 5.54. The topological polar surface area (TPSA) is 89.4 Å². The molecule has 0 bridgehead atoms. The smallest absolute Gasteiger partial charge is 0.252 e. The number of ether oxygens (including phenoxy) is 3. The van der Waals surface area contributed by atoms with Gasteiger partial charge in [-0.15, -0.1) is 0 Å². The lowest BCUT2D eigenvalue weighted by Crippen LogP contribution is -2.50. The Hall–Kier alpha value is -2.72. The maximum atomic E-state index is 14.2. The second-order valence-corrected chi connectivity index (χ2v) is 11.8. The molecule has 3 aromatic rings. The van der Waals surface area contributed by atoms with Crippen molar-refractivity contribution in [3.8, 4) is 5.75 Å². The zero-order chi connectivity index (χ0) is 29.2. The number of amides is 1. The Morgan fingerprint density at radius 3 is 2.39 bits per heavy atom. The summed E-state index contributed by atoms with van der Waals surface area (Å²) >= 11 is 7.36. The molecule has 41 heavy (non-hydrogen) atoms. The third kappa shape index (κ3) is 7.97. The van der Waals surface area contributed by atoms with Crippen LogP contribution in [-0.4, -0.2) is 54.9 Å². The number of carbonyl (C=O) groups excluding carboxylic acids is 1. The van der Waals surface area contributed by atoms with Crippen molar-refractivity contribution in [3.05, 3.63) is 98.4 Å². The third-order valence-corrected chi connectivity index (χ3v) is 8.19. The number of nitrogens with one attached hydrogen (secondary N) is 1. The SMILES string of the molecule is CC(C)OCCCNC(=O)[C@]1(Cc2ccccc2Br)N=C(c2ccc(OCCCO)cc2)O[C@@H]1c1ccccc1Br. The zero-order valence-electron chi connectivity index (χ0n) is 23.3. The molecule has 218 valence electrons. The molecule has 0 aromatic heterocycles. The summed E-state index contributed by atoms with van der Waals surface area (Å²) < 4.78 is 19.7. The molecule has 3 aromatic carbocycles. The van der Waals surface area contributed by atoms with E-state index in [-0.39, 0.29) is 18.6 Å². The summed E-state index contributed by atoms with van der Waals surface area (Å²) in [6, 6.07) is 23.1. The Kier molecular flexibility index (Phi) is 11.4. The van der Waals surface area contributed by atoms with Gasteiger partial charge in [0.15, 0.2) is 11.6 Å². The normalized spacial score (nSPS) is 18.2. The lowest BCUT2D eigenvalue weighted by molar-refractivity contribution is -0.129. The van der Waals surface area contributed by atoms with Crippen LogP contribution in [0.4, 0.5) is 0 Å². The van der Waals surface area contributed by atoms with Crippen molar-refractivity contribution in [3.63, 3.8) is 0 Å². The third-order valence-electron chi connectivity index (χ3n) is 6.69. The van der Waals surface area contributed by atoms with Crippen LogP contribution in [0.15, 0.2) is 86.7 Å². The van der Waals surface area contributed by atoms with Crippen LogP contribution in [0, 0.1) is 0 Å². The molecule has 0 unspecified atom stereocenters. The van der Waals surface area contributed by atoms with Gasteiger partial charge in [-0.2, -0.15) is 0 Å². The number of hydrogen-bond acceptors (Lipinski definition) is 6. The van der Waals surface area contributed by atoms with Crippen molar-refractivity contribution in [2.45, 2.75) is 50.9 Å². The molecule has 0 spiro atoms. The number of rotatable bonds is 14. The number of aliphatic imine (C=N–C) groups is 1. The van der Waals surface area contributed by atoms with Gasteiger partial charge in [0.2, 0.25) is 5.90 Å². The van der Waals surface area contributed by atoms with E-state index in [4.69, 9.17) is 24.3 Å². The largest absolute Gasteiger partial charge is 0.494 e. The minimum absolute atomic E-state index is 0.0750. The highest BCUT2D eigenvalue weighted by Crippen LogP contribution is 2.45. The van der Waals surface area contributed by atoms with Gasteiger partial charge in [-0.25, -0.2) is 4.99 Å². The number of aliphatic hydroxyl groups is 1. The number of benzene rings is 3. The van der Waals surface area contributed by atoms with E-state index in [2.05, 4.69) is 37.2 Å². The molecule has 7 nitrogen and oxygen atoms in total. The van der Waals surface area contributed by atoms with Gasteiger partial charge >= 0.3 is 0 Å². The second-order valence-electron chi connectivity index (χ2n) is 10.1. The van der Waals surface area contributed by atoms with Gasteiger partial charge in [0.1, 0.15) is 5.75 Å². The van der Waals surface area contributed by atoms with Crippen molar-refractivity contribution in [2.75, 3.05) is 26.4 Å². The van der Waals surface area contributed by atoms with Crippen molar-refractivity contribution < 1.29 is 24.1 Å². The number of hydrogen-bond donors (Lipinski definition) is 2. The molecule has 4 rings (SSSR count). The van der Waals surface area contributed by atoms with Crippen LogP contribution >= 0.6 is 31.9 Å². The van der Waals surface area contributed by atoms with E-state index in [0.717, 1.165) is 25.6 Å². The van der Waals surface area contributed by atoms with Crippen LogP contribution in [0.25, 0.3) is 0 Å². The summed E-state index contributed by atoms with van der Waals surface area (Å²) in [5.74, 6) is 0.861. The minimum Gasteiger partial charge on any atom is -0.494 e. The molecule has 0 fully saturated rings. The molecule has 2 atom stereocenters. The summed E-state index contributed by atoms with van der Waals surface area (Å²) in [5.41, 5.74) is 1.24. The lowest BCUT2D eigenvalue weighted by atomic mass is 9.82. The molecule has 1 heterocycles. The Labute approximate surface area is 258 Å². The molecular weight excluding hydrogens is 652 g/mol. The predicted octanol–water partition coefficient (Wildman–Crippen LogP) is 6.40.